The maximum absolute atomic E-state index is 2.37. The van der Waals surface area contributed by atoms with Crippen molar-refractivity contribution in [2.24, 2.45) is 5.92 Å². The Morgan fingerprint density at radius 3 is 2.81 bits per heavy atom. The minimum atomic E-state index is 0.529. The van der Waals surface area contributed by atoms with Crippen LogP contribution in [0.3, 0.4) is 0 Å². The zero-order chi connectivity index (χ0) is 11.1. The van der Waals surface area contributed by atoms with Crippen molar-refractivity contribution in [2.45, 2.75) is 20.3 Å². The molecule has 2 aliphatic carbocycles. The molecule has 0 spiro atoms. The first-order valence-corrected chi connectivity index (χ1v) is 5.91. The molecule has 1 heteroatoms. The maximum atomic E-state index is 2.37. The van der Waals surface area contributed by atoms with Gasteiger partial charge in [0.15, 0.2) is 0 Å². The Balaban J connectivity index is 2.08. The van der Waals surface area contributed by atoms with Crippen LogP contribution in [0.5, 0.6) is 0 Å². The molecule has 0 aromatic heterocycles. The fourth-order valence-corrected chi connectivity index (χ4v) is 2.80. The second-order valence-corrected chi connectivity index (χ2v) is 4.83. The number of fused-ring (bicyclic) bond motifs is 1. The first kappa shape index (κ1) is 9.83. The van der Waals surface area contributed by atoms with Gasteiger partial charge in [-0.05, 0) is 0 Å². The van der Waals surface area contributed by atoms with E-state index in [0.717, 1.165) is 6.42 Å². The third-order valence-electron chi connectivity index (χ3n) is 3.52. The summed E-state index contributed by atoms with van der Waals surface area (Å²) < 4.78 is 0. The Bertz CT molecular complexity index is 518. The molecule has 1 heterocycles. The van der Waals surface area contributed by atoms with Gasteiger partial charge < -0.3 is 0 Å². The van der Waals surface area contributed by atoms with Gasteiger partial charge in [-0.15, -0.1) is 0 Å². The number of allylic oxidation sites excluding steroid dienone is 10. The van der Waals surface area contributed by atoms with E-state index in [4.69, 9.17) is 0 Å². The van der Waals surface area contributed by atoms with E-state index in [1.54, 1.807) is 0 Å². The van der Waals surface area contributed by atoms with Gasteiger partial charge in [0.1, 0.15) is 0 Å². The summed E-state index contributed by atoms with van der Waals surface area (Å²) in [6.45, 7) is 6.81. The van der Waals surface area contributed by atoms with Crippen LogP contribution in [0.2, 0.25) is 0 Å². The normalized spacial score (nSPS) is 25.2. The van der Waals surface area contributed by atoms with Crippen molar-refractivity contribution in [1.29, 1.82) is 0 Å². The van der Waals surface area contributed by atoms with E-state index in [1.807, 2.05) is 0 Å². The second-order valence-electron chi connectivity index (χ2n) is 4.83. The van der Waals surface area contributed by atoms with Crippen LogP contribution in [0, 0.1) is 5.92 Å². The molecule has 0 aromatic rings. The van der Waals surface area contributed by atoms with E-state index in [2.05, 4.69) is 57.2 Å². The fourth-order valence-electron chi connectivity index (χ4n) is 2.80. The van der Waals surface area contributed by atoms with Crippen LogP contribution < -0.4 is 0 Å². The van der Waals surface area contributed by atoms with Gasteiger partial charge in [0.05, 0.1) is 0 Å². The van der Waals surface area contributed by atoms with E-state index < -0.39 is 0 Å². The van der Waals surface area contributed by atoms with Crippen LogP contribution >= 0.6 is 0 Å². The molecule has 16 heavy (non-hydrogen) atoms. The van der Waals surface area contributed by atoms with Crippen molar-refractivity contribution >= 4 is 12.4 Å². The van der Waals surface area contributed by atoms with Gasteiger partial charge in [0.25, 0.3) is 0 Å². The standard InChI is InChI=1S/C15H15B/c1-10(2)14-12-8-5-9-13(12)16-15(14)11-6-3-4-7-11/h3-6,8-9,12H,7H2,1-2H3. The average Bonchev–Trinajstić information content (AvgIpc) is 2.92. The van der Waals surface area contributed by atoms with Gasteiger partial charge in [0, 0.05) is 0 Å². The van der Waals surface area contributed by atoms with Gasteiger partial charge in [0.2, 0.25) is 0 Å². The summed E-state index contributed by atoms with van der Waals surface area (Å²) in [5.41, 5.74) is 7.36. The van der Waals surface area contributed by atoms with E-state index in [-0.39, 0.29) is 0 Å². The predicted molar refractivity (Wildman–Crippen MR) is 71.7 cm³/mol. The minimum absolute atomic E-state index is 0.529. The predicted octanol–water partition coefficient (Wildman–Crippen LogP) is 3.17. The van der Waals surface area contributed by atoms with Gasteiger partial charge in [-0.3, -0.25) is 0 Å². The Kier molecular flexibility index (Phi) is 2.20. The molecule has 3 rings (SSSR count). The van der Waals surface area contributed by atoms with Crippen LogP contribution in [0.1, 0.15) is 20.3 Å². The van der Waals surface area contributed by atoms with E-state index >= 15 is 0 Å². The van der Waals surface area contributed by atoms with Crippen LogP contribution in [-0.4, -0.2) is 12.4 Å². The first-order chi connectivity index (χ1) is 7.77. The van der Waals surface area contributed by atoms with Gasteiger partial charge in [-0.1, -0.05) is 0 Å². The number of hydrogen-bond donors (Lipinski definition) is 0. The summed E-state index contributed by atoms with van der Waals surface area (Å²) in [5.74, 6) is 0.529. The Morgan fingerprint density at radius 1 is 1.25 bits per heavy atom. The van der Waals surface area contributed by atoms with Crippen molar-refractivity contribution in [3.05, 3.63) is 58.6 Å². The molecule has 1 unspecified atom stereocenters. The van der Waals surface area contributed by atoms with Gasteiger partial charge in [-0.25, -0.2) is 0 Å². The molecular formula is C15H15B. The van der Waals surface area contributed by atoms with Crippen LogP contribution in [0.25, 0.3) is 0 Å². The molecular weight excluding hydrogens is 191 g/mol. The average molecular weight is 206 g/mol. The monoisotopic (exact) mass is 206 g/mol. The zero-order valence-corrected chi connectivity index (χ0v) is 9.83. The third kappa shape index (κ3) is 1.35. The Labute approximate surface area is 97.7 Å². The molecule has 1 atom stereocenters. The molecule has 0 saturated heterocycles. The topological polar surface area (TPSA) is 0 Å². The van der Waals surface area contributed by atoms with E-state index in [0.29, 0.717) is 5.92 Å². The first-order valence-electron chi connectivity index (χ1n) is 5.91. The second kappa shape index (κ2) is 3.59. The number of rotatable bonds is 1. The molecule has 0 radical (unpaired) electrons. The quantitative estimate of drug-likeness (QED) is 0.578. The van der Waals surface area contributed by atoms with Crippen LogP contribution in [-0.2, 0) is 0 Å². The zero-order valence-electron chi connectivity index (χ0n) is 9.83. The molecule has 0 bridgehead atoms. The molecule has 0 saturated carbocycles. The summed E-state index contributed by atoms with van der Waals surface area (Å²) in [6.07, 6.45) is 14.5. The number of hydrogen-bond acceptors (Lipinski definition) is 0. The summed E-state index contributed by atoms with van der Waals surface area (Å²) in [6, 6.07) is 0. The van der Waals surface area contributed by atoms with Crippen molar-refractivity contribution in [2.75, 3.05) is 0 Å². The molecule has 1 aliphatic heterocycles. The van der Waals surface area contributed by atoms with Crippen molar-refractivity contribution < 1.29 is 0 Å². The third-order valence-corrected chi connectivity index (χ3v) is 3.52. The Hall–Kier alpha value is -1.37. The van der Waals surface area contributed by atoms with E-state index in [9.17, 15) is 0 Å². The molecule has 3 aliphatic rings. The van der Waals surface area contributed by atoms with Gasteiger partial charge in [-0.2, -0.15) is 0 Å². The summed E-state index contributed by atoms with van der Waals surface area (Å²) in [4.78, 5) is 0. The fraction of sp³-hybridized carbons (Fsp3) is 0.267. The molecule has 0 fully saturated rings. The van der Waals surface area contributed by atoms with Crippen molar-refractivity contribution in [3.8, 4) is 0 Å². The summed E-state index contributed by atoms with van der Waals surface area (Å²) >= 11 is 0. The molecule has 0 amide bonds. The van der Waals surface area contributed by atoms with Crippen LogP contribution in [0.15, 0.2) is 58.6 Å². The molecule has 0 nitrogen and oxygen atoms in total. The Morgan fingerprint density at radius 2 is 2.12 bits per heavy atom. The van der Waals surface area contributed by atoms with E-state index in [1.165, 1.54) is 27.7 Å². The molecule has 0 aromatic carbocycles. The van der Waals surface area contributed by atoms with Gasteiger partial charge >= 0.3 is 97.2 Å². The summed E-state index contributed by atoms with van der Waals surface area (Å²) in [7, 11) is 0. The SMILES string of the molecule is CC(C)=C1C(C2=CC=CC2)=BC2=CC=CC21. The van der Waals surface area contributed by atoms with Crippen molar-refractivity contribution in [1.82, 2.24) is 0 Å². The molecule has 78 valence electrons. The molecule has 0 N–H and O–H groups in total. The van der Waals surface area contributed by atoms with Crippen LogP contribution in [0.4, 0.5) is 0 Å². The van der Waals surface area contributed by atoms with Crippen molar-refractivity contribution in [3.63, 3.8) is 0 Å². The summed E-state index contributed by atoms with van der Waals surface area (Å²) in [5, 5.41) is 0.